The molecule has 0 spiro atoms. The number of carbonyl (C=O) groups is 2. The Morgan fingerprint density at radius 3 is 2.18 bits per heavy atom. The maximum atomic E-state index is 12.0. The van der Waals surface area contributed by atoms with E-state index in [1.54, 1.807) is 12.1 Å². The number of nitro groups is 1. The molecule has 9 heteroatoms. The zero-order chi connectivity index (χ0) is 24.0. The van der Waals surface area contributed by atoms with Crippen molar-refractivity contribution in [1.82, 2.24) is 0 Å². The molecule has 3 aromatic rings. The van der Waals surface area contributed by atoms with Crippen LogP contribution in [0, 0.1) is 10.1 Å². The molecule has 0 aliphatic carbocycles. The SMILES string of the molecule is COC(=O)c1cc([N+](=O)[O-])ccc1OC(CCc1ccc(-c2ccc(Cl)cc2)cc1)C(=O)O. The van der Waals surface area contributed by atoms with Crippen LogP contribution in [0.2, 0.25) is 5.02 Å². The number of non-ortho nitro benzene ring substituents is 1. The van der Waals surface area contributed by atoms with Gasteiger partial charge in [0.05, 0.1) is 12.0 Å². The fraction of sp³-hybridized carbons (Fsp3) is 0.167. The minimum atomic E-state index is -1.27. The Labute approximate surface area is 194 Å². The maximum absolute atomic E-state index is 12.0. The van der Waals surface area contributed by atoms with Crippen molar-refractivity contribution >= 4 is 29.2 Å². The van der Waals surface area contributed by atoms with E-state index < -0.39 is 23.0 Å². The summed E-state index contributed by atoms with van der Waals surface area (Å²) in [7, 11) is 1.12. The molecule has 0 bridgehead atoms. The molecule has 0 radical (unpaired) electrons. The molecule has 1 atom stereocenters. The van der Waals surface area contributed by atoms with E-state index in [-0.39, 0.29) is 23.4 Å². The van der Waals surface area contributed by atoms with Gasteiger partial charge in [0.2, 0.25) is 0 Å². The number of hydrogen-bond donors (Lipinski definition) is 1. The van der Waals surface area contributed by atoms with E-state index in [1.165, 1.54) is 6.07 Å². The van der Waals surface area contributed by atoms with E-state index in [2.05, 4.69) is 4.74 Å². The van der Waals surface area contributed by atoms with Crippen molar-refractivity contribution in [1.29, 1.82) is 0 Å². The normalized spacial score (nSPS) is 11.5. The maximum Gasteiger partial charge on any atom is 0.344 e. The highest BCUT2D eigenvalue weighted by Gasteiger charge is 2.24. The van der Waals surface area contributed by atoms with Gasteiger partial charge in [0, 0.05) is 17.2 Å². The number of benzene rings is 3. The Morgan fingerprint density at radius 1 is 1.03 bits per heavy atom. The number of carboxylic acids is 1. The standard InChI is InChI=1S/C24H20ClNO7/c1-32-24(29)20-14-19(26(30)31)11-13-21(20)33-22(23(27)28)12-4-15-2-5-16(6-3-15)17-7-9-18(25)10-8-17/h2-3,5-11,13-14,22H,4,12H2,1H3,(H,27,28). The van der Waals surface area contributed by atoms with Crippen molar-refractivity contribution in [2.75, 3.05) is 7.11 Å². The van der Waals surface area contributed by atoms with Gasteiger partial charge in [-0.1, -0.05) is 48.0 Å². The van der Waals surface area contributed by atoms with Gasteiger partial charge < -0.3 is 14.6 Å². The number of nitro benzene ring substituents is 1. The zero-order valence-corrected chi connectivity index (χ0v) is 18.3. The van der Waals surface area contributed by atoms with E-state index in [0.29, 0.717) is 11.4 Å². The molecule has 0 amide bonds. The lowest BCUT2D eigenvalue weighted by molar-refractivity contribution is -0.384. The number of hydrogen-bond acceptors (Lipinski definition) is 6. The van der Waals surface area contributed by atoms with Crippen molar-refractivity contribution in [2.24, 2.45) is 0 Å². The van der Waals surface area contributed by atoms with E-state index in [0.717, 1.165) is 35.9 Å². The number of aryl methyl sites for hydroxylation is 1. The second-order valence-electron chi connectivity index (χ2n) is 7.12. The molecule has 0 saturated heterocycles. The summed E-state index contributed by atoms with van der Waals surface area (Å²) in [6, 6.07) is 18.4. The summed E-state index contributed by atoms with van der Waals surface area (Å²) in [5, 5.41) is 21.3. The molecule has 0 aliphatic heterocycles. The van der Waals surface area contributed by atoms with Crippen LogP contribution in [0.5, 0.6) is 5.75 Å². The van der Waals surface area contributed by atoms with E-state index in [4.69, 9.17) is 16.3 Å². The summed E-state index contributed by atoms with van der Waals surface area (Å²) in [6.45, 7) is 0. The van der Waals surface area contributed by atoms with Crippen molar-refractivity contribution in [3.63, 3.8) is 0 Å². The highest BCUT2D eigenvalue weighted by Crippen LogP contribution is 2.27. The highest BCUT2D eigenvalue weighted by molar-refractivity contribution is 6.30. The minimum Gasteiger partial charge on any atom is -0.479 e. The predicted molar refractivity (Wildman–Crippen MR) is 122 cm³/mol. The van der Waals surface area contributed by atoms with Gasteiger partial charge in [0.1, 0.15) is 11.3 Å². The molecule has 33 heavy (non-hydrogen) atoms. The lowest BCUT2D eigenvalue weighted by atomic mass is 10.0. The molecule has 1 unspecified atom stereocenters. The predicted octanol–water partition coefficient (Wildman–Crippen LogP) is 5.17. The Bertz CT molecular complexity index is 1160. The molecule has 3 rings (SSSR count). The first-order valence-electron chi connectivity index (χ1n) is 9.89. The molecular weight excluding hydrogens is 450 g/mol. The molecule has 0 saturated carbocycles. The van der Waals surface area contributed by atoms with Crippen molar-refractivity contribution in [3.05, 3.63) is 93.0 Å². The van der Waals surface area contributed by atoms with Crippen LogP contribution in [0.4, 0.5) is 5.69 Å². The average molecular weight is 470 g/mol. The third-order valence-corrected chi connectivity index (χ3v) is 5.20. The highest BCUT2D eigenvalue weighted by atomic mass is 35.5. The molecule has 1 N–H and O–H groups in total. The number of carboxylic acid groups (broad SMARTS) is 1. The first-order valence-corrected chi connectivity index (χ1v) is 10.3. The van der Waals surface area contributed by atoms with Crippen molar-refractivity contribution in [2.45, 2.75) is 18.9 Å². The molecule has 0 fully saturated rings. The van der Waals surface area contributed by atoms with Gasteiger partial charge in [0.25, 0.3) is 5.69 Å². The Hall–Kier alpha value is -3.91. The lowest BCUT2D eigenvalue weighted by Crippen LogP contribution is -2.28. The average Bonchev–Trinajstić information content (AvgIpc) is 2.81. The number of aliphatic carboxylic acids is 1. The summed E-state index contributed by atoms with van der Waals surface area (Å²) in [6.07, 6.45) is -0.753. The van der Waals surface area contributed by atoms with Gasteiger partial charge in [-0.2, -0.15) is 0 Å². The summed E-state index contributed by atoms with van der Waals surface area (Å²) in [4.78, 5) is 34.1. The van der Waals surface area contributed by atoms with Crippen LogP contribution in [-0.4, -0.2) is 35.2 Å². The number of halogens is 1. The summed E-state index contributed by atoms with van der Waals surface area (Å²) >= 11 is 5.92. The van der Waals surface area contributed by atoms with Gasteiger partial charge in [-0.15, -0.1) is 0 Å². The number of nitrogens with zero attached hydrogens (tertiary/aromatic N) is 1. The molecule has 170 valence electrons. The van der Waals surface area contributed by atoms with Crippen LogP contribution < -0.4 is 4.74 Å². The summed E-state index contributed by atoms with van der Waals surface area (Å²) < 4.78 is 10.2. The number of esters is 1. The van der Waals surface area contributed by atoms with E-state index in [9.17, 15) is 24.8 Å². The van der Waals surface area contributed by atoms with Crippen LogP contribution in [-0.2, 0) is 16.0 Å². The van der Waals surface area contributed by atoms with Crippen LogP contribution in [0.15, 0.2) is 66.7 Å². The van der Waals surface area contributed by atoms with E-state index in [1.807, 2.05) is 36.4 Å². The third-order valence-electron chi connectivity index (χ3n) is 4.95. The molecule has 0 heterocycles. The first kappa shape index (κ1) is 23.7. The van der Waals surface area contributed by atoms with Crippen molar-refractivity contribution in [3.8, 4) is 16.9 Å². The number of carbonyl (C=O) groups excluding carboxylic acids is 1. The fourth-order valence-corrected chi connectivity index (χ4v) is 3.32. The Kier molecular flexibility index (Phi) is 7.63. The Balaban J connectivity index is 1.73. The number of ether oxygens (including phenoxy) is 2. The van der Waals surface area contributed by atoms with Crippen LogP contribution >= 0.6 is 11.6 Å². The van der Waals surface area contributed by atoms with Gasteiger partial charge >= 0.3 is 11.9 Å². The van der Waals surface area contributed by atoms with Gasteiger partial charge in [0.15, 0.2) is 6.10 Å². The summed E-state index contributed by atoms with van der Waals surface area (Å²) in [5.74, 6) is -2.18. The molecular formula is C24H20ClNO7. The van der Waals surface area contributed by atoms with Crippen molar-refractivity contribution < 1.29 is 29.1 Å². The quantitative estimate of drug-likeness (QED) is 0.261. The zero-order valence-electron chi connectivity index (χ0n) is 17.6. The molecule has 0 aliphatic rings. The summed E-state index contributed by atoms with van der Waals surface area (Å²) in [5.41, 5.74) is 2.35. The number of methoxy groups -OCH3 is 1. The van der Waals surface area contributed by atoms with Crippen LogP contribution in [0.25, 0.3) is 11.1 Å². The van der Waals surface area contributed by atoms with Gasteiger partial charge in [-0.3, -0.25) is 10.1 Å². The monoisotopic (exact) mass is 469 g/mol. The van der Waals surface area contributed by atoms with Crippen LogP contribution in [0.1, 0.15) is 22.3 Å². The molecule has 8 nitrogen and oxygen atoms in total. The van der Waals surface area contributed by atoms with Gasteiger partial charge in [-0.05, 0) is 47.7 Å². The fourth-order valence-electron chi connectivity index (χ4n) is 3.19. The Morgan fingerprint density at radius 2 is 1.64 bits per heavy atom. The third kappa shape index (κ3) is 6.08. The molecule has 0 aromatic heterocycles. The first-order chi connectivity index (χ1) is 15.8. The van der Waals surface area contributed by atoms with E-state index >= 15 is 0 Å². The van der Waals surface area contributed by atoms with Crippen LogP contribution in [0.3, 0.4) is 0 Å². The second kappa shape index (κ2) is 10.6. The lowest BCUT2D eigenvalue weighted by Gasteiger charge is -2.17. The van der Waals surface area contributed by atoms with Gasteiger partial charge in [-0.25, -0.2) is 9.59 Å². The topological polar surface area (TPSA) is 116 Å². The molecule has 3 aromatic carbocycles. The largest absolute Gasteiger partial charge is 0.479 e. The number of rotatable bonds is 9. The second-order valence-corrected chi connectivity index (χ2v) is 7.55. The smallest absolute Gasteiger partial charge is 0.344 e. The minimum absolute atomic E-state index is 0.0991.